The van der Waals surface area contributed by atoms with Crippen LogP contribution in [-0.4, -0.2) is 18.3 Å². The minimum absolute atomic E-state index is 0.0447. The van der Waals surface area contributed by atoms with Crippen molar-refractivity contribution in [2.75, 3.05) is 17.6 Å². The average Bonchev–Trinajstić information content (AvgIpc) is 2.49. The first-order chi connectivity index (χ1) is 9.63. The maximum atomic E-state index is 5.87. The molecule has 5 heteroatoms. The SMILES string of the molecule is C=CCNc1cccc(SCC(N)C=C)c1C(=C)NN. The molecule has 0 amide bonds. The van der Waals surface area contributed by atoms with Crippen LogP contribution in [0.2, 0.25) is 0 Å². The molecule has 1 atom stereocenters. The van der Waals surface area contributed by atoms with Crippen molar-refractivity contribution < 1.29 is 0 Å². The van der Waals surface area contributed by atoms with Gasteiger partial charge in [-0.25, -0.2) is 0 Å². The summed E-state index contributed by atoms with van der Waals surface area (Å²) < 4.78 is 0. The second-order valence-corrected chi connectivity index (χ2v) is 5.24. The second-order valence-electron chi connectivity index (χ2n) is 4.18. The number of hydrazine groups is 1. The van der Waals surface area contributed by atoms with E-state index < -0.39 is 0 Å². The van der Waals surface area contributed by atoms with E-state index in [1.54, 1.807) is 23.9 Å². The van der Waals surface area contributed by atoms with Gasteiger partial charge in [-0.2, -0.15) is 0 Å². The van der Waals surface area contributed by atoms with E-state index in [9.17, 15) is 0 Å². The van der Waals surface area contributed by atoms with Gasteiger partial charge in [-0.15, -0.1) is 24.9 Å². The Balaban J connectivity index is 3.04. The molecule has 6 N–H and O–H groups in total. The Morgan fingerprint density at radius 3 is 2.75 bits per heavy atom. The third-order valence-corrected chi connectivity index (χ3v) is 3.88. The fraction of sp³-hybridized carbons (Fsp3) is 0.200. The minimum atomic E-state index is -0.0447. The Kier molecular flexibility index (Phi) is 6.93. The largest absolute Gasteiger partial charge is 0.381 e. The van der Waals surface area contributed by atoms with E-state index in [4.69, 9.17) is 11.6 Å². The van der Waals surface area contributed by atoms with Crippen molar-refractivity contribution in [1.29, 1.82) is 0 Å². The number of nitrogens with two attached hydrogens (primary N) is 2. The zero-order valence-corrected chi connectivity index (χ0v) is 12.4. The number of benzene rings is 1. The first-order valence-corrected chi connectivity index (χ1v) is 7.27. The van der Waals surface area contributed by atoms with Gasteiger partial charge in [-0.3, -0.25) is 5.84 Å². The summed E-state index contributed by atoms with van der Waals surface area (Å²) in [6.07, 6.45) is 3.54. The van der Waals surface area contributed by atoms with Crippen molar-refractivity contribution in [2.45, 2.75) is 10.9 Å². The average molecular weight is 290 g/mol. The lowest BCUT2D eigenvalue weighted by Crippen LogP contribution is -2.21. The predicted octanol–water partition coefficient (Wildman–Crippen LogP) is 2.32. The maximum absolute atomic E-state index is 5.87. The third kappa shape index (κ3) is 4.45. The summed E-state index contributed by atoms with van der Waals surface area (Å²) in [6.45, 7) is 12.0. The first-order valence-electron chi connectivity index (χ1n) is 6.28. The molecule has 0 aliphatic rings. The van der Waals surface area contributed by atoms with Crippen LogP contribution in [-0.2, 0) is 0 Å². The normalized spacial score (nSPS) is 11.5. The lowest BCUT2D eigenvalue weighted by molar-refractivity contribution is 0.942. The summed E-state index contributed by atoms with van der Waals surface area (Å²) in [4.78, 5) is 1.07. The molecule has 1 aromatic rings. The van der Waals surface area contributed by atoms with Crippen LogP contribution in [0.5, 0.6) is 0 Å². The summed E-state index contributed by atoms with van der Waals surface area (Å²) in [5.41, 5.74) is 11.1. The van der Waals surface area contributed by atoms with Gasteiger partial charge in [0.2, 0.25) is 0 Å². The topological polar surface area (TPSA) is 76.1 Å². The van der Waals surface area contributed by atoms with E-state index in [0.717, 1.165) is 21.9 Å². The molecule has 0 saturated carbocycles. The van der Waals surface area contributed by atoms with Crippen LogP contribution >= 0.6 is 11.8 Å². The predicted molar refractivity (Wildman–Crippen MR) is 90.4 cm³/mol. The molecule has 1 aromatic carbocycles. The number of hydrogen-bond acceptors (Lipinski definition) is 5. The van der Waals surface area contributed by atoms with E-state index in [-0.39, 0.29) is 6.04 Å². The van der Waals surface area contributed by atoms with E-state index >= 15 is 0 Å². The fourth-order valence-electron chi connectivity index (χ4n) is 1.62. The molecule has 0 radical (unpaired) electrons. The van der Waals surface area contributed by atoms with Crippen molar-refractivity contribution >= 4 is 23.1 Å². The van der Waals surface area contributed by atoms with Crippen molar-refractivity contribution in [3.05, 3.63) is 55.7 Å². The zero-order valence-electron chi connectivity index (χ0n) is 11.6. The molecule has 0 heterocycles. The van der Waals surface area contributed by atoms with Crippen LogP contribution in [0.4, 0.5) is 5.69 Å². The smallest absolute Gasteiger partial charge is 0.0517 e. The van der Waals surface area contributed by atoms with E-state index in [2.05, 4.69) is 30.5 Å². The molecule has 0 aliphatic carbocycles. The zero-order chi connectivity index (χ0) is 15.0. The van der Waals surface area contributed by atoms with Crippen LogP contribution in [0.1, 0.15) is 5.56 Å². The van der Waals surface area contributed by atoms with Gasteiger partial charge in [-0.05, 0) is 12.1 Å². The summed E-state index contributed by atoms with van der Waals surface area (Å²) in [6, 6.07) is 5.95. The van der Waals surface area contributed by atoms with Crippen molar-refractivity contribution in [1.82, 2.24) is 5.43 Å². The number of nitrogens with one attached hydrogen (secondary N) is 2. The number of rotatable bonds is 9. The van der Waals surface area contributed by atoms with Gasteiger partial charge < -0.3 is 16.5 Å². The van der Waals surface area contributed by atoms with Crippen LogP contribution < -0.4 is 22.3 Å². The lowest BCUT2D eigenvalue weighted by Gasteiger charge is -2.17. The minimum Gasteiger partial charge on any atom is -0.381 e. The van der Waals surface area contributed by atoms with Gasteiger partial charge in [0.05, 0.1) is 5.70 Å². The van der Waals surface area contributed by atoms with Crippen LogP contribution in [0.25, 0.3) is 5.70 Å². The van der Waals surface area contributed by atoms with Gasteiger partial charge in [0.25, 0.3) is 0 Å². The molecule has 0 fully saturated rings. The molecular weight excluding hydrogens is 268 g/mol. The summed E-state index contributed by atoms with van der Waals surface area (Å²) in [7, 11) is 0. The Bertz CT molecular complexity index is 485. The number of anilines is 1. The summed E-state index contributed by atoms with van der Waals surface area (Å²) >= 11 is 1.65. The van der Waals surface area contributed by atoms with Crippen LogP contribution in [0.15, 0.2) is 55.0 Å². The molecule has 0 aliphatic heterocycles. The molecule has 1 unspecified atom stereocenters. The summed E-state index contributed by atoms with van der Waals surface area (Å²) in [5, 5.41) is 3.28. The standard InChI is InChI=1S/C15H22N4S/c1-4-9-18-13-7-6-8-14(15(13)11(3)19-17)20-10-12(16)5-2/h4-8,12,18-19H,1-3,9-10,16-17H2. The highest BCUT2D eigenvalue weighted by Crippen LogP contribution is 2.32. The molecule has 0 bridgehead atoms. The Labute approximate surface area is 125 Å². The highest BCUT2D eigenvalue weighted by molar-refractivity contribution is 7.99. The molecule has 108 valence electrons. The molecule has 0 spiro atoms. The first kappa shape index (κ1) is 16.4. The number of thioether (sulfide) groups is 1. The van der Waals surface area contributed by atoms with E-state index in [1.807, 2.05) is 18.2 Å². The van der Waals surface area contributed by atoms with E-state index in [1.165, 1.54) is 0 Å². The van der Waals surface area contributed by atoms with Gasteiger partial charge in [0.1, 0.15) is 0 Å². The Morgan fingerprint density at radius 1 is 1.40 bits per heavy atom. The van der Waals surface area contributed by atoms with Crippen LogP contribution in [0, 0.1) is 0 Å². The summed E-state index contributed by atoms with van der Waals surface area (Å²) in [5.74, 6) is 6.25. The molecular formula is C15H22N4S. The number of hydrogen-bond donors (Lipinski definition) is 4. The Hall–Kier alpha value is -1.69. The molecule has 4 nitrogen and oxygen atoms in total. The van der Waals surface area contributed by atoms with Crippen molar-refractivity contribution in [3.63, 3.8) is 0 Å². The van der Waals surface area contributed by atoms with Crippen molar-refractivity contribution in [2.24, 2.45) is 11.6 Å². The second kappa shape index (κ2) is 8.47. The van der Waals surface area contributed by atoms with Gasteiger partial charge in [0.15, 0.2) is 0 Å². The van der Waals surface area contributed by atoms with Gasteiger partial charge >= 0.3 is 0 Å². The fourth-order valence-corrected chi connectivity index (χ4v) is 2.68. The van der Waals surface area contributed by atoms with E-state index in [0.29, 0.717) is 12.2 Å². The Morgan fingerprint density at radius 2 is 2.15 bits per heavy atom. The lowest BCUT2D eigenvalue weighted by atomic mass is 10.1. The molecule has 0 aromatic heterocycles. The third-order valence-electron chi connectivity index (χ3n) is 2.67. The quantitative estimate of drug-likeness (QED) is 0.243. The molecule has 0 saturated heterocycles. The highest BCUT2D eigenvalue weighted by Gasteiger charge is 2.12. The van der Waals surface area contributed by atoms with Crippen molar-refractivity contribution in [3.8, 4) is 0 Å². The van der Waals surface area contributed by atoms with Crippen LogP contribution in [0.3, 0.4) is 0 Å². The van der Waals surface area contributed by atoms with Gasteiger partial charge in [0, 0.05) is 34.5 Å². The molecule has 20 heavy (non-hydrogen) atoms. The highest BCUT2D eigenvalue weighted by atomic mass is 32.2. The molecule has 1 rings (SSSR count). The maximum Gasteiger partial charge on any atom is 0.0517 e. The monoisotopic (exact) mass is 290 g/mol. The van der Waals surface area contributed by atoms with Gasteiger partial charge in [-0.1, -0.05) is 24.8 Å².